The zero-order valence-corrected chi connectivity index (χ0v) is 14.7. The molecule has 0 saturated carbocycles. The molecule has 1 unspecified atom stereocenters. The average molecular weight is 357 g/mol. The average Bonchev–Trinajstić information content (AvgIpc) is 2.94. The molecule has 0 radical (unpaired) electrons. The van der Waals surface area contributed by atoms with Gasteiger partial charge in [-0.25, -0.2) is 0 Å². The van der Waals surface area contributed by atoms with Gasteiger partial charge in [0, 0.05) is 6.54 Å². The zero-order chi connectivity index (χ0) is 15.9. The standard InChI is InChI=1S/C14H17ClN4OS2/c1-3-8-16-13-18-19-14(22-13)21-9(2)12(20)17-11-7-5-4-6-10(11)15/h4-7,9H,3,8H2,1-2H3,(H,16,18)(H,17,20). The Morgan fingerprint density at radius 3 is 2.91 bits per heavy atom. The van der Waals surface area contributed by atoms with Crippen molar-refractivity contribution in [2.45, 2.75) is 29.9 Å². The number of carbonyl (C=O) groups excluding carboxylic acids is 1. The van der Waals surface area contributed by atoms with E-state index in [0.717, 1.165) is 22.4 Å². The van der Waals surface area contributed by atoms with E-state index in [-0.39, 0.29) is 11.2 Å². The number of halogens is 1. The van der Waals surface area contributed by atoms with Crippen molar-refractivity contribution in [1.82, 2.24) is 10.2 Å². The molecule has 0 spiro atoms. The highest BCUT2D eigenvalue weighted by Gasteiger charge is 2.18. The summed E-state index contributed by atoms with van der Waals surface area (Å²) in [6.07, 6.45) is 1.03. The lowest BCUT2D eigenvalue weighted by Gasteiger charge is -2.11. The maximum absolute atomic E-state index is 12.2. The summed E-state index contributed by atoms with van der Waals surface area (Å²) in [5.74, 6) is -0.114. The van der Waals surface area contributed by atoms with Crippen molar-refractivity contribution in [3.05, 3.63) is 29.3 Å². The number of benzene rings is 1. The molecule has 1 aromatic carbocycles. The first-order valence-electron chi connectivity index (χ1n) is 6.89. The van der Waals surface area contributed by atoms with Gasteiger partial charge < -0.3 is 10.6 Å². The molecule has 1 aromatic heterocycles. The predicted octanol–water partition coefficient (Wildman–Crippen LogP) is 4.13. The second kappa shape index (κ2) is 8.36. The Morgan fingerprint density at radius 2 is 2.18 bits per heavy atom. The Kier molecular flexibility index (Phi) is 6.48. The van der Waals surface area contributed by atoms with Crippen LogP contribution in [0.5, 0.6) is 0 Å². The molecule has 2 N–H and O–H groups in total. The van der Waals surface area contributed by atoms with Crippen LogP contribution in [0.15, 0.2) is 28.6 Å². The number of anilines is 2. The summed E-state index contributed by atoms with van der Waals surface area (Å²) in [5, 5.41) is 15.1. The van der Waals surface area contributed by atoms with Gasteiger partial charge in [-0.05, 0) is 25.5 Å². The molecular weight excluding hydrogens is 340 g/mol. The molecule has 1 heterocycles. The van der Waals surface area contributed by atoms with Crippen molar-refractivity contribution in [2.75, 3.05) is 17.2 Å². The Balaban J connectivity index is 1.91. The lowest BCUT2D eigenvalue weighted by molar-refractivity contribution is -0.115. The quantitative estimate of drug-likeness (QED) is 0.730. The molecular formula is C14H17ClN4OS2. The Labute approximate surface area is 142 Å². The van der Waals surface area contributed by atoms with Crippen molar-refractivity contribution in [3.8, 4) is 0 Å². The van der Waals surface area contributed by atoms with E-state index in [2.05, 4.69) is 27.8 Å². The maximum Gasteiger partial charge on any atom is 0.237 e. The van der Waals surface area contributed by atoms with Crippen molar-refractivity contribution >= 4 is 51.4 Å². The number of nitrogens with zero attached hydrogens (tertiary/aromatic N) is 2. The summed E-state index contributed by atoms with van der Waals surface area (Å²) in [6.45, 7) is 4.78. The number of carbonyl (C=O) groups is 1. The third-order valence-electron chi connectivity index (χ3n) is 2.71. The summed E-state index contributed by atoms with van der Waals surface area (Å²) in [5.41, 5.74) is 0.615. The summed E-state index contributed by atoms with van der Waals surface area (Å²) in [7, 11) is 0. The minimum Gasteiger partial charge on any atom is -0.360 e. The van der Waals surface area contributed by atoms with E-state index in [0.29, 0.717) is 10.7 Å². The van der Waals surface area contributed by atoms with Crippen LogP contribution in [0.1, 0.15) is 20.3 Å². The number of nitrogens with one attached hydrogen (secondary N) is 2. The molecule has 0 aliphatic heterocycles. The second-order valence-electron chi connectivity index (χ2n) is 4.53. The van der Waals surface area contributed by atoms with Crippen LogP contribution in [-0.2, 0) is 4.79 Å². The van der Waals surface area contributed by atoms with Gasteiger partial charge in [-0.15, -0.1) is 10.2 Å². The Hall–Kier alpha value is -1.31. The highest BCUT2D eigenvalue weighted by atomic mass is 35.5. The number of hydrogen-bond donors (Lipinski definition) is 2. The van der Waals surface area contributed by atoms with Gasteiger partial charge in [-0.2, -0.15) is 0 Å². The molecule has 2 aromatic rings. The van der Waals surface area contributed by atoms with Gasteiger partial charge in [0.25, 0.3) is 0 Å². The van der Waals surface area contributed by atoms with E-state index in [4.69, 9.17) is 11.6 Å². The first kappa shape index (κ1) is 17.1. The molecule has 2 rings (SSSR count). The van der Waals surface area contributed by atoms with E-state index in [9.17, 15) is 4.79 Å². The first-order chi connectivity index (χ1) is 10.6. The fraction of sp³-hybridized carbons (Fsp3) is 0.357. The molecule has 0 saturated heterocycles. The number of rotatable bonds is 7. The molecule has 118 valence electrons. The van der Waals surface area contributed by atoms with Crippen LogP contribution in [0, 0.1) is 0 Å². The number of para-hydroxylation sites is 1. The number of hydrogen-bond acceptors (Lipinski definition) is 6. The van der Waals surface area contributed by atoms with E-state index in [1.54, 1.807) is 12.1 Å². The number of thioether (sulfide) groups is 1. The highest BCUT2D eigenvalue weighted by molar-refractivity contribution is 8.02. The topological polar surface area (TPSA) is 66.9 Å². The maximum atomic E-state index is 12.2. The molecule has 22 heavy (non-hydrogen) atoms. The SMILES string of the molecule is CCCNc1nnc(SC(C)C(=O)Nc2ccccc2Cl)s1. The Morgan fingerprint density at radius 1 is 1.41 bits per heavy atom. The predicted molar refractivity (Wildman–Crippen MR) is 94.1 cm³/mol. The van der Waals surface area contributed by atoms with Gasteiger partial charge in [0.05, 0.1) is 16.0 Å². The van der Waals surface area contributed by atoms with Gasteiger partial charge in [-0.1, -0.05) is 53.8 Å². The van der Waals surface area contributed by atoms with Crippen LogP contribution in [0.25, 0.3) is 0 Å². The molecule has 0 aliphatic rings. The molecule has 0 bridgehead atoms. The van der Waals surface area contributed by atoms with E-state index in [1.807, 2.05) is 19.1 Å². The third kappa shape index (κ3) is 4.86. The molecule has 5 nitrogen and oxygen atoms in total. The highest BCUT2D eigenvalue weighted by Crippen LogP contribution is 2.30. The summed E-state index contributed by atoms with van der Waals surface area (Å²) < 4.78 is 0.764. The lowest BCUT2D eigenvalue weighted by Crippen LogP contribution is -2.22. The zero-order valence-electron chi connectivity index (χ0n) is 12.3. The van der Waals surface area contributed by atoms with Gasteiger partial charge >= 0.3 is 0 Å². The van der Waals surface area contributed by atoms with Crippen LogP contribution in [0.4, 0.5) is 10.8 Å². The van der Waals surface area contributed by atoms with Crippen molar-refractivity contribution in [3.63, 3.8) is 0 Å². The van der Waals surface area contributed by atoms with E-state index >= 15 is 0 Å². The lowest BCUT2D eigenvalue weighted by atomic mass is 10.3. The number of aromatic nitrogens is 2. The minimum atomic E-state index is -0.289. The third-order valence-corrected chi connectivity index (χ3v) is 5.11. The molecule has 0 aliphatic carbocycles. The van der Waals surface area contributed by atoms with Crippen LogP contribution in [0.3, 0.4) is 0 Å². The first-order valence-corrected chi connectivity index (χ1v) is 8.97. The number of amides is 1. The molecule has 8 heteroatoms. The van der Waals surface area contributed by atoms with Crippen molar-refractivity contribution in [2.24, 2.45) is 0 Å². The second-order valence-corrected chi connectivity index (χ2v) is 7.50. The smallest absolute Gasteiger partial charge is 0.237 e. The summed E-state index contributed by atoms with van der Waals surface area (Å²) in [6, 6.07) is 7.17. The summed E-state index contributed by atoms with van der Waals surface area (Å²) >= 11 is 8.87. The molecule has 1 atom stereocenters. The molecule has 0 fully saturated rings. The van der Waals surface area contributed by atoms with Gasteiger partial charge in [0.1, 0.15) is 0 Å². The van der Waals surface area contributed by atoms with Gasteiger partial charge in [0.15, 0.2) is 4.34 Å². The van der Waals surface area contributed by atoms with Crippen molar-refractivity contribution in [1.29, 1.82) is 0 Å². The monoisotopic (exact) mass is 356 g/mol. The van der Waals surface area contributed by atoms with Crippen LogP contribution < -0.4 is 10.6 Å². The van der Waals surface area contributed by atoms with Crippen LogP contribution in [-0.4, -0.2) is 27.9 Å². The largest absolute Gasteiger partial charge is 0.360 e. The Bertz CT molecular complexity index is 635. The molecule has 1 amide bonds. The summed E-state index contributed by atoms with van der Waals surface area (Å²) in [4.78, 5) is 12.2. The van der Waals surface area contributed by atoms with Gasteiger partial charge in [0.2, 0.25) is 11.0 Å². The fourth-order valence-electron chi connectivity index (χ4n) is 1.56. The normalized spacial score (nSPS) is 12.0. The van der Waals surface area contributed by atoms with Crippen LogP contribution >= 0.6 is 34.7 Å². The van der Waals surface area contributed by atoms with Crippen LogP contribution in [0.2, 0.25) is 5.02 Å². The van der Waals surface area contributed by atoms with E-state index in [1.165, 1.54) is 23.1 Å². The van der Waals surface area contributed by atoms with Crippen molar-refractivity contribution < 1.29 is 4.79 Å². The minimum absolute atomic E-state index is 0.114. The fourth-order valence-corrected chi connectivity index (χ4v) is 3.67. The van der Waals surface area contributed by atoms with Gasteiger partial charge in [-0.3, -0.25) is 4.79 Å². The van der Waals surface area contributed by atoms with E-state index < -0.39 is 0 Å².